The van der Waals surface area contributed by atoms with Crippen molar-refractivity contribution in [2.45, 2.75) is 20.8 Å². The molecule has 0 unspecified atom stereocenters. The summed E-state index contributed by atoms with van der Waals surface area (Å²) in [6.07, 6.45) is 1.92. The fraction of sp³-hybridized carbons (Fsp3) is 0.500. The van der Waals surface area contributed by atoms with Crippen LogP contribution in [-0.4, -0.2) is 0 Å². The summed E-state index contributed by atoms with van der Waals surface area (Å²) in [5.74, 6) is 0.534. The molecule has 0 aliphatic heterocycles. The second-order valence-electron chi connectivity index (χ2n) is 2.61. The molecule has 0 heterocycles. The first-order valence-corrected chi connectivity index (χ1v) is 4.11. The Morgan fingerprint density at radius 2 is 2.10 bits per heavy atom. The molecule has 0 aromatic heterocycles. The second kappa shape index (κ2) is 4.56. The van der Waals surface area contributed by atoms with Crippen LogP contribution in [0, 0.1) is 5.92 Å². The average molecular weight is 204 g/mol. The van der Waals surface area contributed by atoms with Crippen LogP contribution in [-0.2, 0) is 0 Å². The number of rotatable bonds is 3. The lowest BCUT2D eigenvalue weighted by atomic mass is 10.2. The van der Waals surface area contributed by atoms with E-state index >= 15 is 0 Å². The van der Waals surface area contributed by atoms with Gasteiger partial charge in [-0.15, -0.1) is 0 Å². The van der Waals surface area contributed by atoms with Gasteiger partial charge in [-0.05, 0) is 12.8 Å². The van der Waals surface area contributed by atoms with Gasteiger partial charge in [-0.25, -0.2) is 0 Å². The zero-order valence-corrected chi connectivity index (χ0v) is 8.33. The average Bonchev–Trinajstić information content (AvgIpc) is 1.82. The molecule has 0 spiro atoms. The molecule has 0 aromatic rings. The van der Waals surface area contributed by atoms with Gasteiger partial charge in [0.15, 0.2) is 0 Å². The smallest absolute Gasteiger partial charge is 0.0136 e. The highest BCUT2D eigenvalue weighted by Gasteiger charge is 1.95. The molecule has 0 aliphatic carbocycles. The van der Waals surface area contributed by atoms with E-state index in [1.54, 1.807) is 0 Å². The van der Waals surface area contributed by atoms with Crippen molar-refractivity contribution in [1.82, 2.24) is 5.32 Å². The van der Waals surface area contributed by atoms with Crippen LogP contribution in [0.3, 0.4) is 0 Å². The Labute approximate surface area is 71.3 Å². The van der Waals surface area contributed by atoms with Crippen LogP contribution in [0.15, 0.2) is 23.0 Å². The summed E-state index contributed by atoms with van der Waals surface area (Å²) in [4.78, 5) is 0. The number of allylic oxidation sites excluding steroid dienone is 2. The van der Waals surface area contributed by atoms with E-state index < -0.39 is 0 Å². The van der Waals surface area contributed by atoms with Gasteiger partial charge < -0.3 is 5.32 Å². The van der Waals surface area contributed by atoms with Crippen LogP contribution in [0.2, 0.25) is 0 Å². The minimum atomic E-state index is 0.534. The Hall–Kier alpha value is -0.240. The van der Waals surface area contributed by atoms with Crippen LogP contribution in [0.25, 0.3) is 0 Å². The van der Waals surface area contributed by atoms with Gasteiger partial charge >= 0.3 is 0 Å². The fourth-order valence-corrected chi connectivity index (χ4v) is 0.473. The molecule has 0 saturated carbocycles. The lowest BCUT2D eigenvalue weighted by molar-refractivity contribution is 0.810. The molecule has 10 heavy (non-hydrogen) atoms. The summed E-state index contributed by atoms with van der Waals surface area (Å²) in [5.41, 5.74) is 0.956. The molecule has 0 fully saturated rings. The highest BCUT2D eigenvalue weighted by molar-refractivity contribution is 9.11. The standard InChI is InChI=1S/C8H14BrN/c1-6(2)8(9)5-10-7(3)4/h5-6,10H,3H2,1-2,4H3/b8-5-. The molecule has 1 N–H and O–H groups in total. The number of nitrogens with one attached hydrogen (secondary N) is 1. The molecule has 0 aromatic carbocycles. The van der Waals surface area contributed by atoms with Crippen molar-refractivity contribution >= 4 is 15.9 Å². The summed E-state index contributed by atoms with van der Waals surface area (Å²) in [6.45, 7) is 9.89. The first-order chi connectivity index (χ1) is 4.54. The van der Waals surface area contributed by atoms with E-state index in [1.165, 1.54) is 0 Å². The van der Waals surface area contributed by atoms with Gasteiger partial charge in [0.05, 0.1) is 0 Å². The quantitative estimate of drug-likeness (QED) is 0.745. The largest absolute Gasteiger partial charge is 0.365 e. The molecule has 0 radical (unpaired) electrons. The summed E-state index contributed by atoms with van der Waals surface area (Å²) in [6, 6.07) is 0. The van der Waals surface area contributed by atoms with E-state index in [0.717, 1.165) is 10.2 Å². The van der Waals surface area contributed by atoms with Crippen LogP contribution in [0.4, 0.5) is 0 Å². The van der Waals surface area contributed by atoms with Crippen molar-refractivity contribution in [3.05, 3.63) is 23.0 Å². The van der Waals surface area contributed by atoms with Crippen molar-refractivity contribution in [3.63, 3.8) is 0 Å². The number of hydrogen-bond donors (Lipinski definition) is 1. The van der Waals surface area contributed by atoms with Crippen molar-refractivity contribution < 1.29 is 0 Å². The maximum atomic E-state index is 3.71. The van der Waals surface area contributed by atoms with E-state index in [-0.39, 0.29) is 0 Å². The second-order valence-corrected chi connectivity index (χ2v) is 3.52. The molecule has 1 nitrogen and oxygen atoms in total. The van der Waals surface area contributed by atoms with Gasteiger partial charge in [-0.2, -0.15) is 0 Å². The normalized spacial score (nSPS) is 11.9. The Bertz CT molecular complexity index is 147. The highest BCUT2D eigenvalue weighted by Crippen LogP contribution is 2.14. The van der Waals surface area contributed by atoms with E-state index in [0.29, 0.717) is 5.92 Å². The van der Waals surface area contributed by atoms with Gasteiger partial charge in [-0.1, -0.05) is 36.4 Å². The lowest BCUT2D eigenvalue weighted by Gasteiger charge is -2.03. The molecule has 2 heteroatoms. The molecule has 0 amide bonds. The molecule has 58 valence electrons. The zero-order valence-electron chi connectivity index (χ0n) is 6.74. The molecule has 0 rings (SSSR count). The summed E-state index contributed by atoms with van der Waals surface area (Å²) >= 11 is 3.43. The third-order valence-electron chi connectivity index (χ3n) is 1.01. The van der Waals surface area contributed by atoms with Crippen LogP contribution in [0.1, 0.15) is 20.8 Å². The Morgan fingerprint density at radius 1 is 1.60 bits per heavy atom. The third kappa shape index (κ3) is 4.62. The van der Waals surface area contributed by atoms with Crippen molar-refractivity contribution in [3.8, 4) is 0 Å². The first-order valence-electron chi connectivity index (χ1n) is 3.31. The number of halogens is 1. The minimum Gasteiger partial charge on any atom is -0.365 e. The van der Waals surface area contributed by atoms with E-state index in [9.17, 15) is 0 Å². The van der Waals surface area contributed by atoms with Gasteiger partial charge in [0.2, 0.25) is 0 Å². The molecule has 0 saturated heterocycles. The maximum Gasteiger partial charge on any atom is 0.0136 e. The third-order valence-corrected chi connectivity index (χ3v) is 2.15. The van der Waals surface area contributed by atoms with Gasteiger partial charge in [0.1, 0.15) is 0 Å². The lowest BCUT2D eigenvalue weighted by Crippen LogP contribution is -2.01. The predicted octanol–water partition coefficient (Wildman–Crippen LogP) is 3.00. The summed E-state index contributed by atoms with van der Waals surface area (Å²) < 4.78 is 1.16. The molecule has 0 bridgehead atoms. The van der Waals surface area contributed by atoms with Crippen molar-refractivity contribution in [2.75, 3.05) is 0 Å². The molecular weight excluding hydrogens is 190 g/mol. The SMILES string of the molecule is C=C(C)N/C=C(\Br)C(C)C. The summed E-state index contributed by atoms with van der Waals surface area (Å²) in [5, 5.41) is 3.02. The first kappa shape index (κ1) is 9.76. The van der Waals surface area contributed by atoms with Crippen LogP contribution >= 0.6 is 15.9 Å². The molecular formula is C8H14BrN. The van der Waals surface area contributed by atoms with Crippen LogP contribution < -0.4 is 5.32 Å². The van der Waals surface area contributed by atoms with Crippen molar-refractivity contribution in [1.29, 1.82) is 0 Å². The molecule has 0 atom stereocenters. The highest BCUT2D eigenvalue weighted by atomic mass is 79.9. The summed E-state index contributed by atoms with van der Waals surface area (Å²) in [7, 11) is 0. The fourth-order valence-electron chi connectivity index (χ4n) is 0.359. The Morgan fingerprint density at radius 3 is 2.40 bits per heavy atom. The Balaban J connectivity index is 3.80. The van der Waals surface area contributed by atoms with Gasteiger partial charge in [0.25, 0.3) is 0 Å². The predicted molar refractivity (Wildman–Crippen MR) is 49.8 cm³/mol. The van der Waals surface area contributed by atoms with E-state index in [1.807, 2.05) is 13.1 Å². The monoisotopic (exact) mass is 203 g/mol. The Kier molecular flexibility index (Phi) is 4.45. The van der Waals surface area contributed by atoms with Crippen molar-refractivity contribution in [2.24, 2.45) is 5.92 Å². The molecule has 0 aliphatic rings. The van der Waals surface area contributed by atoms with Crippen LogP contribution in [0.5, 0.6) is 0 Å². The minimum absolute atomic E-state index is 0.534. The number of hydrogen-bond acceptors (Lipinski definition) is 1. The van der Waals surface area contributed by atoms with Gasteiger partial charge in [-0.3, -0.25) is 0 Å². The zero-order chi connectivity index (χ0) is 8.15. The topological polar surface area (TPSA) is 12.0 Å². The van der Waals surface area contributed by atoms with Gasteiger partial charge in [0, 0.05) is 16.4 Å². The maximum absolute atomic E-state index is 3.71. The van der Waals surface area contributed by atoms with E-state index in [4.69, 9.17) is 0 Å². The van der Waals surface area contributed by atoms with E-state index in [2.05, 4.69) is 41.7 Å².